The molecule has 0 spiro atoms. The van der Waals surface area contributed by atoms with Crippen molar-refractivity contribution in [3.8, 4) is 0 Å². The van der Waals surface area contributed by atoms with E-state index in [1.165, 1.54) is 5.56 Å². The quantitative estimate of drug-likeness (QED) is 0.695. The van der Waals surface area contributed by atoms with Crippen molar-refractivity contribution in [3.05, 3.63) is 70.2 Å². The number of hydrogen-bond donors (Lipinski definition) is 2. The number of allylic oxidation sites excluding steroid dienone is 2. The van der Waals surface area contributed by atoms with Gasteiger partial charge in [0, 0.05) is 22.6 Å². The molecule has 0 saturated carbocycles. The monoisotopic (exact) mass is 432 g/mol. The zero-order valence-corrected chi connectivity index (χ0v) is 16.8. The van der Waals surface area contributed by atoms with Gasteiger partial charge in [0.05, 0.1) is 10.9 Å². The van der Waals surface area contributed by atoms with Crippen LogP contribution in [0.3, 0.4) is 0 Å². The van der Waals surface area contributed by atoms with Gasteiger partial charge in [0.2, 0.25) is 10.0 Å². The molecule has 0 fully saturated rings. The predicted octanol–water partition coefficient (Wildman–Crippen LogP) is 4.57. The van der Waals surface area contributed by atoms with Gasteiger partial charge in [-0.05, 0) is 53.8 Å². The number of benzene rings is 2. The first kappa shape index (κ1) is 17.8. The van der Waals surface area contributed by atoms with E-state index in [2.05, 4.69) is 62.4 Å². The van der Waals surface area contributed by atoms with Crippen molar-refractivity contribution in [2.24, 2.45) is 5.92 Å². The first-order valence-electron chi connectivity index (χ1n) is 8.82. The average Bonchev–Trinajstić information content (AvgIpc) is 3.11. The third-order valence-electron chi connectivity index (χ3n) is 5.21. The second-order valence-corrected chi connectivity index (χ2v) is 9.46. The minimum atomic E-state index is -3.45. The summed E-state index contributed by atoms with van der Waals surface area (Å²) in [5.74, 6) is 0.623. The van der Waals surface area contributed by atoms with E-state index in [-0.39, 0.29) is 12.0 Å². The molecule has 2 aromatic rings. The Morgan fingerprint density at radius 3 is 2.69 bits per heavy atom. The zero-order chi connectivity index (χ0) is 18.3. The first-order valence-corrected chi connectivity index (χ1v) is 11.1. The Labute approximate surface area is 162 Å². The molecule has 2 aromatic carbocycles. The Morgan fingerprint density at radius 1 is 1.19 bits per heavy atom. The van der Waals surface area contributed by atoms with Crippen LogP contribution in [0, 0.1) is 5.92 Å². The minimum absolute atomic E-state index is 0.215. The van der Waals surface area contributed by atoms with Crippen LogP contribution in [0.4, 0.5) is 5.69 Å². The SMILES string of the molecule is CCNS(=O)(=O)c1ccc2c(c1)[C@H]1C=CC[C@H]1[C@@H](c1ccc(Br)cc1)N2. The molecule has 4 nitrogen and oxygen atoms in total. The lowest BCUT2D eigenvalue weighted by Crippen LogP contribution is -2.30. The highest BCUT2D eigenvalue weighted by atomic mass is 79.9. The fourth-order valence-corrected chi connectivity index (χ4v) is 5.35. The molecule has 0 amide bonds. The molecule has 2 N–H and O–H groups in total. The molecular weight excluding hydrogens is 412 g/mol. The van der Waals surface area contributed by atoms with Gasteiger partial charge in [0.25, 0.3) is 0 Å². The van der Waals surface area contributed by atoms with Crippen LogP contribution in [0.25, 0.3) is 0 Å². The lowest BCUT2D eigenvalue weighted by atomic mass is 9.77. The van der Waals surface area contributed by atoms with Crippen molar-refractivity contribution in [1.82, 2.24) is 4.72 Å². The second-order valence-electron chi connectivity index (χ2n) is 6.78. The van der Waals surface area contributed by atoms with Gasteiger partial charge < -0.3 is 5.32 Å². The average molecular weight is 433 g/mol. The van der Waals surface area contributed by atoms with Crippen LogP contribution in [0.1, 0.15) is 36.4 Å². The highest BCUT2D eigenvalue weighted by Gasteiger charge is 2.38. The summed E-state index contributed by atoms with van der Waals surface area (Å²) < 4.78 is 28.4. The van der Waals surface area contributed by atoms with E-state index in [9.17, 15) is 8.42 Å². The fraction of sp³-hybridized carbons (Fsp3) is 0.300. The molecule has 0 radical (unpaired) electrons. The smallest absolute Gasteiger partial charge is 0.240 e. The highest BCUT2D eigenvalue weighted by molar-refractivity contribution is 9.10. The van der Waals surface area contributed by atoms with Crippen molar-refractivity contribution < 1.29 is 8.42 Å². The molecule has 4 rings (SSSR count). The van der Waals surface area contributed by atoms with Gasteiger partial charge >= 0.3 is 0 Å². The molecule has 136 valence electrons. The number of hydrogen-bond acceptors (Lipinski definition) is 3. The van der Waals surface area contributed by atoms with E-state index in [0.717, 1.165) is 22.1 Å². The van der Waals surface area contributed by atoms with Crippen LogP contribution in [0.15, 0.2) is 64.0 Å². The van der Waals surface area contributed by atoms with E-state index in [1.807, 2.05) is 12.1 Å². The maximum absolute atomic E-state index is 12.4. The summed E-state index contributed by atoms with van der Waals surface area (Å²) in [4.78, 5) is 0.334. The number of nitrogens with one attached hydrogen (secondary N) is 2. The second kappa shape index (κ2) is 6.83. The van der Waals surface area contributed by atoms with Crippen LogP contribution in [0.2, 0.25) is 0 Å². The van der Waals surface area contributed by atoms with Crippen LogP contribution in [-0.4, -0.2) is 15.0 Å². The molecule has 1 aliphatic heterocycles. The number of halogens is 1. The molecule has 6 heteroatoms. The maximum Gasteiger partial charge on any atom is 0.240 e. The van der Waals surface area contributed by atoms with Crippen molar-refractivity contribution in [2.75, 3.05) is 11.9 Å². The molecule has 0 saturated heterocycles. The Kier molecular flexibility index (Phi) is 4.67. The molecular formula is C20H21BrN2O2S. The third kappa shape index (κ3) is 3.10. The summed E-state index contributed by atoms with van der Waals surface area (Å²) >= 11 is 3.50. The molecule has 0 bridgehead atoms. The number of anilines is 1. The lowest BCUT2D eigenvalue weighted by molar-refractivity contribution is 0.425. The molecule has 2 aliphatic rings. The summed E-state index contributed by atoms with van der Waals surface area (Å²) in [5, 5.41) is 3.64. The zero-order valence-electron chi connectivity index (χ0n) is 14.4. The van der Waals surface area contributed by atoms with Crippen molar-refractivity contribution >= 4 is 31.6 Å². The number of fused-ring (bicyclic) bond motifs is 3. The van der Waals surface area contributed by atoms with Gasteiger partial charge in [-0.25, -0.2) is 13.1 Å². The van der Waals surface area contributed by atoms with Crippen LogP contribution < -0.4 is 10.0 Å². The van der Waals surface area contributed by atoms with Gasteiger partial charge in [-0.1, -0.05) is 47.1 Å². The maximum atomic E-state index is 12.4. The van der Waals surface area contributed by atoms with Gasteiger partial charge in [-0.15, -0.1) is 0 Å². The Bertz CT molecular complexity index is 954. The van der Waals surface area contributed by atoms with Crippen molar-refractivity contribution in [3.63, 3.8) is 0 Å². The topological polar surface area (TPSA) is 58.2 Å². The molecule has 0 aromatic heterocycles. The molecule has 1 aliphatic carbocycles. The summed E-state index contributed by atoms with van der Waals surface area (Å²) in [5.41, 5.74) is 3.33. The molecule has 1 heterocycles. The summed E-state index contributed by atoms with van der Waals surface area (Å²) in [6.07, 6.45) is 5.42. The van der Waals surface area contributed by atoms with Crippen LogP contribution in [0.5, 0.6) is 0 Å². The normalized spacial score (nSPS) is 24.0. The van der Waals surface area contributed by atoms with Gasteiger partial charge in [0.15, 0.2) is 0 Å². The first-order chi connectivity index (χ1) is 12.5. The summed E-state index contributed by atoms with van der Waals surface area (Å²) in [7, 11) is -3.45. The van der Waals surface area contributed by atoms with E-state index in [4.69, 9.17) is 0 Å². The highest BCUT2D eigenvalue weighted by Crippen LogP contribution is 2.50. The van der Waals surface area contributed by atoms with E-state index >= 15 is 0 Å². The van der Waals surface area contributed by atoms with E-state index in [0.29, 0.717) is 17.4 Å². The van der Waals surface area contributed by atoms with Gasteiger partial charge in [-0.2, -0.15) is 0 Å². The van der Waals surface area contributed by atoms with Crippen LogP contribution >= 0.6 is 15.9 Å². The molecule has 3 atom stereocenters. The van der Waals surface area contributed by atoms with Crippen molar-refractivity contribution in [1.29, 1.82) is 0 Å². The number of sulfonamides is 1. The van der Waals surface area contributed by atoms with Crippen molar-refractivity contribution in [2.45, 2.75) is 30.2 Å². The predicted molar refractivity (Wildman–Crippen MR) is 108 cm³/mol. The minimum Gasteiger partial charge on any atom is -0.378 e. The Balaban J connectivity index is 1.74. The summed E-state index contributed by atoms with van der Waals surface area (Å²) in [6, 6.07) is 14.0. The molecule has 0 unspecified atom stereocenters. The number of rotatable bonds is 4. The summed E-state index contributed by atoms with van der Waals surface area (Å²) in [6.45, 7) is 2.17. The third-order valence-corrected chi connectivity index (χ3v) is 7.28. The Morgan fingerprint density at radius 2 is 1.96 bits per heavy atom. The van der Waals surface area contributed by atoms with Gasteiger partial charge in [0.1, 0.15) is 0 Å². The lowest BCUT2D eigenvalue weighted by Gasteiger charge is -2.37. The Hall–Kier alpha value is -1.63. The van der Waals surface area contributed by atoms with Gasteiger partial charge in [-0.3, -0.25) is 0 Å². The fourth-order valence-electron chi connectivity index (χ4n) is 4.01. The van der Waals surface area contributed by atoms with E-state index < -0.39 is 10.0 Å². The van der Waals surface area contributed by atoms with E-state index in [1.54, 1.807) is 13.0 Å². The molecule has 26 heavy (non-hydrogen) atoms. The van der Waals surface area contributed by atoms with Crippen LogP contribution in [-0.2, 0) is 10.0 Å². The largest absolute Gasteiger partial charge is 0.378 e. The standard InChI is InChI=1S/C20H21BrN2O2S/c1-2-22-26(24,25)15-10-11-19-18(12-15)16-4-3-5-17(16)20(23-19)13-6-8-14(21)9-7-13/h3-4,6-12,16-17,20,22-23H,2,5H2,1H3/t16-,17+,20+/m0/s1.